The average molecular weight is 260 g/mol. The van der Waals surface area contributed by atoms with Gasteiger partial charge < -0.3 is 10.2 Å². The molecule has 0 spiro atoms. The van der Waals surface area contributed by atoms with Crippen molar-refractivity contribution in [1.82, 2.24) is 10.2 Å². The van der Waals surface area contributed by atoms with Crippen LogP contribution in [0, 0.1) is 0 Å². The molecule has 1 aromatic rings. The molecule has 1 fully saturated rings. The summed E-state index contributed by atoms with van der Waals surface area (Å²) >= 11 is 0. The van der Waals surface area contributed by atoms with Crippen molar-refractivity contribution >= 4 is 5.91 Å². The van der Waals surface area contributed by atoms with Crippen molar-refractivity contribution in [2.75, 3.05) is 26.2 Å². The fraction of sp³-hybridized carbons (Fsp3) is 0.562. The van der Waals surface area contributed by atoms with Crippen molar-refractivity contribution in [1.29, 1.82) is 0 Å². The lowest BCUT2D eigenvalue weighted by molar-refractivity contribution is 0.0766. The van der Waals surface area contributed by atoms with Crippen LogP contribution in [0.2, 0.25) is 0 Å². The van der Waals surface area contributed by atoms with Crippen LogP contribution in [-0.2, 0) is 6.42 Å². The maximum Gasteiger partial charge on any atom is 0.253 e. The van der Waals surface area contributed by atoms with E-state index < -0.39 is 0 Å². The van der Waals surface area contributed by atoms with E-state index in [0.717, 1.165) is 44.6 Å². The van der Waals surface area contributed by atoms with E-state index in [-0.39, 0.29) is 5.91 Å². The second-order valence-corrected chi connectivity index (χ2v) is 5.20. The molecule has 2 rings (SSSR count). The van der Waals surface area contributed by atoms with Crippen LogP contribution < -0.4 is 5.32 Å². The highest BCUT2D eigenvalue weighted by molar-refractivity contribution is 5.94. The third kappa shape index (κ3) is 4.06. The van der Waals surface area contributed by atoms with Crippen LogP contribution in [0.1, 0.15) is 42.1 Å². The van der Waals surface area contributed by atoms with E-state index in [4.69, 9.17) is 0 Å². The minimum absolute atomic E-state index is 0.172. The van der Waals surface area contributed by atoms with Gasteiger partial charge in [-0.2, -0.15) is 0 Å². The second-order valence-electron chi connectivity index (χ2n) is 5.20. The van der Waals surface area contributed by atoms with Gasteiger partial charge in [-0.3, -0.25) is 4.79 Å². The maximum absolute atomic E-state index is 12.4. The lowest BCUT2D eigenvalue weighted by Gasteiger charge is -2.20. The Morgan fingerprint density at radius 1 is 1.21 bits per heavy atom. The third-order valence-corrected chi connectivity index (χ3v) is 3.65. The molecule has 3 nitrogen and oxygen atoms in total. The van der Waals surface area contributed by atoms with Crippen molar-refractivity contribution in [3.63, 3.8) is 0 Å². The SMILES string of the molecule is CCCCc1ccc(C(=O)N2CCCNCC2)cc1. The molecule has 0 unspecified atom stereocenters. The zero-order chi connectivity index (χ0) is 13.5. The standard InChI is InChI=1S/C16H24N2O/c1-2-3-5-14-6-8-15(9-7-14)16(19)18-12-4-10-17-11-13-18/h6-9,17H,2-5,10-13H2,1H3. The smallest absolute Gasteiger partial charge is 0.253 e. The first-order valence-electron chi connectivity index (χ1n) is 7.40. The van der Waals surface area contributed by atoms with Gasteiger partial charge in [-0.15, -0.1) is 0 Å². The van der Waals surface area contributed by atoms with Gasteiger partial charge in [0.15, 0.2) is 0 Å². The molecule has 0 radical (unpaired) electrons. The van der Waals surface area contributed by atoms with E-state index in [0.29, 0.717) is 0 Å². The van der Waals surface area contributed by atoms with Gasteiger partial charge in [0.2, 0.25) is 0 Å². The number of hydrogen-bond acceptors (Lipinski definition) is 2. The van der Waals surface area contributed by atoms with Crippen molar-refractivity contribution in [2.45, 2.75) is 32.6 Å². The number of nitrogens with zero attached hydrogens (tertiary/aromatic N) is 1. The first kappa shape index (κ1) is 14.1. The Morgan fingerprint density at radius 2 is 2.00 bits per heavy atom. The first-order valence-corrected chi connectivity index (χ1v) is 7.40. The van der Waals surface area contributed by atoms with E-state index in [1.165, 1.54) is 18.4 Å². The summed E-state index contributed by atoms with van der Waals surface area (Å²) in [6, 6.07) is 8.15. The van der Waals surface area contributed by atoms with Crippen LogP contribution in [0.3, 0.4) is 0 Å². The Labute approximate surface area is 116 Å². The van der Waals surface area contributed by atoms with Crippen molar-refractivity contribution in [3.8, 4) is 0 Å². The molecule has 3 heteroatoms. The fourth-order valence-electron chi connectivity index (χ4n) is 2.43. The summed E-state index contributed by atoms with van der Waals surface area (Å²) < 4.78 is 0. The lowest BCUT2D eigenvalue weighted by atomic mass is 10.1. The number of hydrogen-bond donors (Lipinski definition) is 1. The molecule has 1 aromatic carbocycles. The Bertz CT molecular complexity index is 392. The van der Waals surface area contributed by atoms with Gasteiger partial charge in [0.1, 0.15) is 0 Å². The number of amides is 1. The quantitative estimate of drug-likeness (QED) is 0.902. The van der Waals surface area contributed by atoms with Gasteiger partial charge in [-0.05, 0) is 43.5 Å². The van der Waals surface area contributed by atoms with Crippen molar-refractivity contribution in [3.05, 3.63) is 35.4 Å². The Balaban J connectivity index is 1.98. The summed E-state index contributed by atoms with van der Waals surface area (Å²) in [5.74, 6) is 0.172. The van der Waals surface area contributed by atoms with E-state index >= 15 is 0 Å². The van der Waals surface area contributed by atoms with E-state index in [9.17, 15) is 4.79 Å². The molecular weight excluding hydrogens is 236 g/mol. The summed E-state index contributed by atoms with van der Waals surface area (Å²) in [6.45, 7) is 5.80. The van der Waals surface area contributed by atoms with Gasteiger partial charge in [-0.1, -0.05) is 25.5 Å². The lowest BCUT2D eigenvalue weighted by Crippen LogP contribution is -2.34. The van der Waals surface area contributed by atoms with Crippen LogP contribution in [0.15, 0.2) is 24.3 Å². The molecule has 0 aromatic heterocycles. The van der Waals surface area contributed by atoms with Crippen LogP contribution in [0.25, 0.3) is 0 Å². The van der Waals surface area contributed by atoms with Gasteiger partial charge in [0, 0.05) is 25.2 Å². The van der Waals surface area contributed by atoms with Gasteiger partial charge in [0.05, 0.1) is 0 Å². The highest BCUT2D eigenvalue weighted by Crippen LogP contribution is 2.11. The Kier molecular flexibility index (Phi) is 5.40. The zero-order valence-corrected chi connectivity index (χ0v) is 11.8. The largest absolute Gasteiger partial charge is 0.337 e. The van der Waals surface area contributed by atoms with Crippen molar-refractivity contribution in [2.24, 2.45) is 0 Å². The average Bonchev–Trinajstić information content (AvgIpc) is 2.74. The first-order chi connectivity index (χ1) is 9.31. The molecule has 1 N–H and O–H groups in total. The van der Waals surface area contributed by atoms with Gasteiger partial charge in [-0.25, -0.2) is 0 Å². The molecule has 104 valence electrons. The van der Waals surface area contributed by atoms with Crippen molar-refractivity contribution < 1.29 is 4.79 Å². The van der Waals surface area contributed by atoms with Gasteiger partial charge >= 0.3 is 0 Å². The third-order valence-electron chi connectivity index (χ3n) is 3.65. The predicted octanol–water partition coefficient (Wildman–Crippen LogP) is 2.46. The Morgan fingerprint density at radius 3 is 2.74 bits per heavy atom. The molecule has 1 saturated heterocycles. The number of carbonyl (C=O) groups is 1. The molecule has 1 heterocycles. The Hall–Kier alpha value is -1.35. The molecule has 0 saturated carbocycles. The molecule has 0 aliphatic carbocycles. The fourth-order valence-corrected chi connectivity index (χ4v) is 2.43. The zero-order valence-electron chi connectivity index (χ0n) is 11.8. The van der Waals surface area contributed by atoms with Crippen LogP contribution in [-0.4, -0.2) is 37.0 Å². The highest BCUT2D eigenvalue weighted by atomic mass is 16.2. The molecule has 1 amide bonds. The number of nitrogens with one attached hydrogen (secondary N) is 1. The van der Waals surface area contributed by atoms with E-state index in [1.54, 1.807) is 0 Å². The second kappa shape index (κ2) is 7.29. The minimum Gasteiger partial charge on any atom is -0.337 e. The predicted molar refractivity (Wildman–Crippen MR) is 78.4 cm³/mol. The summed E-state index contributed by atoms with van der Waals surface area (Å²) in [5, 5.41) is 3.32. The molecule has 0 atom stereocenters. The van der Waals surface area contributed by atoms with Gasteiger partial charge in [0.25, 0.3) is 5.91 Å². The molecular formula is C16H24N2O. The molecule has 1 aliphatic heterocycles. The number of rotatable bonds is 4. The minimum atomic E-state index is 0.172. The molecule has 1 aliphatic rings. The molecule has 19 heavy (non-hydrogen) atoms. The highest BCUT2D eigenvalue weighted by Gasteiger charge is 2.16. The summed E-state index contributed by atoms with van der Waals surface area (Å²) in [5.41, 5.74) is 2.15. The number of carbonyl (C=O) groups excluding carboxylic acids is 1. The number of aryl methyl sites for hydroxylation is 1. The van der Waals surface area contributed by atoms with Crippen LogP contribution in [0.4, 0.5) is 0 Å². The molecule has 0 bridgehead atoms. The van der Waals surface area contributed by atoms with E-state index in [2.05, 4.69) is 24.4 Å². The van der Waals surface area contributed by atoms with Crippen LogP contribution in [0.5, 0.6) is 0 Å². The maximum atomic E-state index is 12.4. The summed E-state index contributed by atoms with van der Waals surface area (Å²) in [4.78, 5) is 14.3. The van der Waals surface area contributed by atoms with Crippen LogP contribution >= 0.6 is 0 Å². The number of benzene rings is 1. The summed E-state index contributed by atoms with van der Waals surface area (Å²) in [6.07, 6.45) is 4.57. The summed E-state index contributed by atoms with van der Waals surface area (Å²) in [7, 11) is 0. The van der Waals surface area contributed by atoms with E-state index in [1.807, 2.05) is 17.0 Å². The number of unbranched alkanes of at least 4 members (excludes halogenated alkanes) is 1. The normalized spacial score (nSPS) is 16.2. The topological polar surface area (TPSA) is 32.3 Å². The monoisotopic (exact) mass is 260 g/mol.